The highest BCUT2D eigenvalue weighted by atomic mass is 16.6. The van der Waals surface area contributed by atoms with E-state index in [0.717, 1.165) is 0 Å². The molecule has 2 aromatic carbocycles. The predicted octanol–water partition coefficient (Wildman–Crippen LogP) is 2.28. The van der Waals surface area contributed by atoms with Crippen LogP contribution >= 0.6 is 0 Å². The summed E-state index contributed by atoms with van der Waals surface area (Å²) in [5.41, 5.74) is 0. The molecule has 0 bridgehead atoms. The second-order valence-corrected chi connectivity index (χ2v) is 4.23. The van der Waals surface area contributed by atoms with E-state index in [1.165, 1.54) is 27.3 Å². The summed E-state index contributed by atoms with van der Waals surface area (Å²) in [6.45, 7) is 0. The van der Waals surface area contributed by atoms with Gasteiger partial charge in [-0.2, -0.15) is 0 Å². The van der Waals surface area contributed by atoms with Crippen LogP contribution in [-0.2, 0) is 0 Å². The lowest BCUT2D eigenvalue weighted by atomic mass is 10.1. The lowest BCUT2D eigenvalue weighted by Crippen LogP contribution is -2.23. The first kappa shape index (κ1) is 15.4. The SMILES string of the molecule is CNC(=O)Oc1cc(OC)c(OC(=O)NC)c2ccccc12. The van der Waals surface area contributed by atoms with E-state index in [1.54, 1.807) is 24.3 Å². The minimum absolute atomic E-state index is 0.252. The maximum atomic E-state index is 11.5. The van der Waals surface area contributed by atoms with Gasteiger partial charge in [-0.15, -0.1) is 0 Å². The Morgan fingerprint density at radius 3 is 2.09 bits per heavy atom. The number of methoxy groups -OCH3 is 1. The van der Waals surface area contributed by atoms with Gasteiger partial charge < -0.3 is 24.8 Å². The number of carbonyl (C=O) groups is 2. The number of ether oxygens (including phenoxy) is 3. The van der Waals surface area contributed by atoms with Crippen LogP contribution in [0.15, 0.2) is 30.3 Å². The maximum absolute atomic E-state index is 11.5. The third kappa shape index (κ3) is 3.03. The molecular formula is C15H16N2O5. The van der Waals surface area contributed by atoms with Crippen LogP contribution in [0.25, 0.3) is 10.8 Å². The van der Waals surface area contributed by atoms with Gasteiger partial charge in [0, 0.05) is 30.9 Å². The fraction of sp³-hybridized carbons (Fsp3) is 0.200. The Bertz CT molecular complexity index is 714. The summed E-state index contributed by atoms with van der Waals surface area (Å²) in [6, 6.07) is 8.56. The number of rotatable bonds is 3. The summed E-state index contributed by atoms with van der Waals surface area (Å²) in [5, 5.41) is 5.95. The van der Waals surface area contributed by atoms with Gasteiger partial charge in [0.15, 0.2) is 11.5 Å². The third-order valence-corrected chi connectivity index (χ3v) is 2.95. The lowest BCUT2D eigenvalue weighted by molar-refractivity contribution is 0.199. The Morgan fingerprint density at radius 1 is 0.909 bits per heavy atom. The summed E-state index contributed by atoms with van der Waals surface area (Å²) in [6.07, 6.45) is -1.23. The molecule has 0 fully saturated rings. The molecule has 116 valence electrons. The molecule has 0 saturated heterocycles. The number of hydrogen-bond donors (Lipinski definition) is 2. The number of fused-ring (bicyclic) bond motifs is 1. The van der Waals surface area contributed by atoms with Gasteiger partial charge in [0.05, 0.1) is 7.11 Å². The molecule has 0 saturated carbocycles. The molecule has 2 aromatic rings. The van der Waals surface area contributed by atoms with E-state index in [0.29, 0.717) is 16.5 Å². The number of benzene rings is 2. The van der Waals surface area contributed by atoms with E-state index in [2.05, 4.69) is 10.6 Å². The summed E-state index contributed by atoms with van der Waals surface area (Å²) in [7, 11) is 4.36. The van der Waals surface area contributed by atoms with Crippen LogP contribution in [0.2, 0.25) is 0 Å². The van der Waals surface area contributed by atoms with E-state index in [1.807, 2.05) is 0 Å². The van der Waals surface area contributed by atoms with Gasteiger partial charge in [0.25, 0.3) is 0 Å². The zero-order valence-corrected chi connectivity index (χ0v) is 12.4. The minimum atomic E-state index is -0.622. The molecule has 0 atom stereocenters. The van der Waals surface area contributed by atoms with E-state index >= 15 is 0 Å². The first-order valence-electron chi connectivity index (χ1n) is 6.49. The zero-order valence-electron chi connectivity index (χ0n) is 12.4. The second kappa shape index (κ2) is 6.66. The Morgan fingerprint density at radius 2 is 1.50 bits per heavy atom. The van der Waals surface area contributed by atoms with Crippen LogP contribution < -0.4 is 24.8 Å². The van der Waals surface area contributed by atoms with Crippen LogP contribution in [0.3, 0.4) is 0 Å². The van der Waals surface area contributed by atoms with Gasteiger partial charge in [-0.05, 0) is 0 Å². The van der Waals surface area contributed by atoms with Crippen molar-refractivity contribution in [1.82, 2.24) is 10.6 Å². The van der Waals surface area contributed by atoms with Crippen LogP contribution in [0.4, 0.5) is 9.59 Å². The number of nitrogens with one attached hydrogen (secondary N) is 2. The quantitative estimate of drug-likeness (QED) is 0.908. The van der Waals surface area contributed by atoms with Gasteiger partial charge in [0.1, 0.15) is 5.75 Å². The molecule has 2 amide bonds. The molecule has 0 aliphatic heterocycles. The Labute approximate surface area is 127 Å². The molecule has 0 aliphatic rings. The van der Waals surface area contributed by atoms with Crippen molar-refractivity contribution in [1.29, 1.82) is 0 Å². The van der Waals surface area contributed by atoms with Gasteiger partial charge in [0.2, 0.25) is 0 Å². The van der Waals surface area contributed by atoms with Crippen molar-refractivity contribution < 1.29 is 23.8 Å². The van der Waals surface area contributed by atoms with E-state index in [9.17, 15) is 9.59 Å². The molecule has 0 spiro atoms. The largest absolute Gasteiger partial charge is 0.493 e. The predicted molar refractivity (Wildman–Crippen MR) is 80.7 cm³/mol. The van der Waals surface area contributed by atoms with Gasteiger partial charge >= 0.3 is 12.2 Å². The topological polar surface area (TPSA) is 85.9 Å². The zero-order chi connectivity index (χ0) is 16.1. The van der Waals surface area contributed by atoms with E-state index in [4.69, 9.17) is 14.2 Å². The molecule has 2 N–H and O–H groups in total. The highest BCUT2D eigenvalue weighted by Gasteiger charge is 2.18. The summed E-state index contributed by atoms with van der Waals surface area (Å²) in [5.74, 6) is 0.832. The molecule has 7 nitrogen and oxygen atoms in total. The monoisotopic (exact) mass is 304 g/mol. The Balaban J connectivity index is 2.62. The minimum Gasteiger partial charge on any atom is -0.493 e. The van der Waals surface area contributed by atoms with Crippen LogP contribution in [0, 0.1) is 0 Å². The molecule has 7 heteroatoms. The third-order valence-electron chi connectivity index (χ3n) is 2.95. The van der Waals surface area contributed by atoms with Crippen molar-refractivity contribution in [2.24, 2.45) is 0 Å². The average Bonchev–Trinajstić information content (AvgIpc) is 2.56. The van der Waals surface area contributed by atoms with Gasteiger partial charge in [-0.1, -0.05) is 24.3 Å². The van der Waals surface area contributed by atoms with Crippen molar-refractivity contribution in [3.05, 3.63) is 30.3 Å². The Hall–Kier alpha value is -2.96. The molecule has 0 heterocycles. The Kier molecular flexibility index (Phi) is 4.67. The van der Waals surface area contributed by atoms with Gasteiger partial charge in [-0.3, -0.25) is 0 Å². The molecule has 22 heavy (non-hydrogen) atoms. The highest BCUT2D eigenvalue weighted by Crippen LogP contribution is 2.41. The van der Waals surface area contributed by atoms with E-state index < -0.39 is 12.2 Å². The smallest absolute Gasteiger partial charge is 0.412 e. The van der Waals surface area contributed by atoms with E-state index in [-0.39, 0.29) is 11.5 Å². The van der Waals surface area contributed by atoms with Crippen LogP contribution in [-0.4, -0.2) is 33.4 Å². The molecule has 0 unspecified atom stereocenters. The van der Waals surface area contributed by atoms with Crippen LogP contribution in [0.5, 0.6) is 17.2 Å². The maximum Gasteiger partial charge on any atom is 0.412 e. The summed E-state index contributed by atoms with van der Waals surface area (Å²) >= 11 is 0. The second-order valence-electron chi connectivity index (χ2n) is 4.23. The summed E-state index contributed by atoms with van der Waals surface area (Å²) in [4.78, 5) is 23.0. The first-order chi connectivity index (χ1) is 10.6. The summed E-state index contributed by atoms with van der Waals surface area (Å²) < 4.78 is 15.7. The normalized spacial score (nSPS) is 9.95. The molecular weight excluding hydrogens is 288 g/mol. The lowest BCUT2D eigenvalue weighted by Gasteiger charge is -2.15. The fourth-order valence-corrected chi connectivity index (χ4v) is 1.93. The number of amides is 2. The molecule has 0 aliphatic carbocycles. The van der Waals surface area contributed by atoms with Crippen molar-refractivity contribution in [3.8, 4) is 17.2 Å². The molecule has 2 rings (SSSR count). The van der Waals surface area contributed by atoms with Crippen molar-refractivity contribution in [2.75, 3.05) is 21.2 Å². The van der Waals surface area contributed by atoms with Crippen molar-refractivity contribution >= 4 is 23.0 Å². The molecule has 0 radical (unpaired) electrons. The van der Waals surface area contributed by atoms with Gasteiger partial charge in [-0.25, -0.2) is 9.59 Å². The molecule has 0 aromatic heterocycles. The first-order valence-corrected chi connectivity index (χ1v) is 6.49. The number of carbonyl (C=O) groups excluding carboxylic acids is 2. The standard InChI is InChI=1S/C15H16N2O5/c1-16-14(18)21-11-8-12(20-3)13(22-15(19)17-2)10-7-5-4-6-9(10)11/h4-8H,1-3H3,(H,16,18)(H,17,19). The average molecular weight is 304 g/mol. The van der Waals surface area contributed by atoms with Crippen molar-refractivity contribution in [2.45, 2.75) is 0 Å². The highest BCUT2D eigenvalue weighted by molar-refractivity contribution is 5.98. The van der Waals surface area contributed by atoms with Crippen LogP contribution in [0.1, 0.15) is 0 Å². The number of hydrogen-bond acceptors (Lipinski definition) is 5. The van der Waals surface area contributed by atoms with Crippen molar-refractivity contribution in [3.63, 3.8) is 0 Å². The fourth-order valence-electron chi connectivity index (χ4n) is 1.93.